The van der Waals surface area contributed by atoms with E-state index >= 15 is 0 Å². The topological polar surface area (TPSA) is 122 Å². The lowest BCUT2D eigenvalue weighted by molar-refractivity contribution is -0.139. The standard InChI is InChI=1S/C8H13N3O5S/c1-11-4-7(9-5-11)17(15,16)10-6(2-3-12)8(13)14/h4-6,10,12H,2-3H2,1H3,(H,13,14)/t6-/m1/s1. The molecule has 0 radical (unpaired) electrons. The van der Waals surface area contributed by atoms with E-state index in [1.54, 1.807) is 7.05 Å². The average molecular weight is 263 g/mol. The van der Waals surface area contributed by atoms with Crippen molar-refractivity contribution in [2.45, 2.75) is 17.5 Å². The van der Waals surface area contributed by atoms with Crippen molar-refractivity contribution in [1.29, 1.82) is 0 Å². The van der Waals surface area contributed by atoms with Gasteiger partial charge in [0.25, 0.3) is 10.0 Å². The Morgan fingerprint density at radius 3 is 2.71 bits per heavy atom. The Labute approximate surface area is 98.0 Å². The van der Waals surface area contributed by atoms with Crippen LogP contribution in [0.15, 0.2) is 17.6 Å². The van der Waals surface area contributed by atoms with Crippen molar-refractivity contribution < 1.29 is 23.4 Å². The van der Waals surface area contributed by atoms with E-state index in [2.05, 4.69) is 4.98 Å². The summed E-state index contributed by atoms with van der Waals surface area (Å²) in [5.74, 6) is -1.35. The fourth-order valence-corrected chi connectivity index (χ4v) is 2.34. The second-order valence-electron chi connectivity index (χ2n) is 3.40. The number of aromatic nitrogens is 2. The third kappa shape index (κ3) is 3.51. The molecule has 0 aromatic carbocycles. The molecule has 0 spiro atoms. The Bertz CT molecular complexity index is 495. The van der Waals surface area contributed by atoms with Gasteiger partial charge in [0.2, 0.25) is 0 Å². The highest BCUT2D eigenvalue weighted by Gasteiger charge is 2.26. The van der Waals surface area contributed by atoms with E-state index in [-0.39, 0.29) is 11.4 Å². The number of hydrogen-bond donors (Lipinski definition) is 3. The van der Waals surface area contributed by atoms with Gasteiger partial charge >= 0.3 is 5.97 Å². The first-order valence-corrected chi connectivity index (χ1v) is 6.19. The Morgan fingerprint density at radius 1 is 1.65 bits per heavy atom. The van der Waals surface area contributed by atoms with Gasteiger partial charge in [0.05, 0.1) is 6.33 Å². The van der Waals surface area contributed by atoms with Gasteiger partial charge in [-0.15, -0.1) is 0 Å². The fourth-order valence-electron chi connectivity index (χ4n) is 1.14. The Kier molecular flexibility index (Phi) is 4.21. The molecule has 0 saturated carbocycles. The van der Waals surface area contributed by atoms with Crippen molar-refractivity contribution in [2.24, 2.45) is 7.05 Å². The minimum absolute atomic E-state index is 0.207. The lowest BCUT2D eigenvalue weighted by atomic mass is 10.2. The molecule has 1 heterocycles. The predicted octanol–water partition coefficient (Wildman–Crippen LogP) is -1.47. The van der Waals surface area contributed by atoms with Crippen LogP contribution in [0.25, 0.3) is 0 Å². The molecule has 0 fully saturated rings. The second-order valence-corrected chi connectivity index (χ2v) is 5.06. The molecule has 9 heteroatoms. The molecule has 0 unspecified atom stereocenters. The number of aryl methyl sites for hydroxylation is 1. The normalized spacial score (nSPS) is 13.5. The van der Waals surface area contributed by atoms with Crippen molar-refractivity contribution in [1.82, 2.24) is 14.3 Å². The van der Waals surface area contributed by atoms with Gasteiger partial charge < -0.3 is 14.8 Å². The van der Waals surface area contributed by atoms with Crippen LogP contribution in [0, 0.1) is 0 Å². The highest BCUT2D eigenvalue weighted by atomic mass is 32.2. The van der Waals surface area contributed by atoms with Crippen LogP contribution < -0.4 is 4.72 Å². The molecule has 3 N–H and O–H groups in total. The summed E-state index contributed by atoms with van der Waals surface area (Å²) >= 11 is 0. The predicted molar refractivity (Wildman–Crippen MR) is 56.7 cm³/mol. The molecule has 8 nitrogen and oxygen atoms in total. The maximum atomic E-state index is 11.7. The third-order valence-electron chi connectivity index (χ3n) is 1.97. The van der Waals surface area contributed by atoms with Crippen molar-refractivity contribution in [3.05, 3.63) is 12.5 Å². The van der Waals surface area contributed by atoms with Gasteiger partial charge in [0.15, 0.2) is 5.03 Å². The van der Waals surface area contributed by atoms with Gasteiger partial charge in [-0.3, -0.25) is 4.79 Å². The summed E-state index contributed by atoms with van der Waals surface area (Å²) in [5, 5.41) is 17.1. The molecule has 0 saturated heterocycles. The summed E-state index contributed by atoms with van der Waals surface area (Å²) in [6, 6.07) is -1.37. The van der Waals surface area contributed by atoms with Gasteiger partial charge in [0, 0.05) is 19.9 Å². The molecule has 0 bridgehead atoms. The Morgan fingerprint density at radius 2 is 2.29 bits per heavy atom. The molecule has 17 heavy (non-hydrogen) atoms. The van der Waals surface area contributed by atoms with Gasteiger partial charge in [0.1, 0.15) is 6.04 Å². The number of aliphatic hydroxyl groups excluding tert-OH is 1. The van der Waals surface area contributed by atoms with E-state index in [0.29, 0.717) is 0 Å². The number of nitrogens with one attached hydrogen (secondary N) is 1. The van der Waals surface area contributed by atoms with Crippen LogP contribution in [0.3, 0.4) is 0 Å². The number of rotatable bonds is 6. The van der Waals surface area contributed by atoms with E-state index in [1.807, 2.05) is 4.72 Å². The SMILES string of the molecule is Cn1cnc(S(=O)(=O)N[C@H](CCO)C(=O)O)c1. The lowest BCUT2D eigenvalue weighted by Gasteiger charge is -2.11. The highest BCUT2D eigenvalue weighted by Crippen LogP contribution is 2.06. The first-order valence-electron chi connectivity index (χ1n) is 4.71. The Balaban J connectivity index is 2.88. The number of carboxylic acids is 1. The van der Waals surface area contributed by atoms with Gasteiger partial charge in [-0.05, 0) is 6.42 Å². The third-order valence-corrected chi connectivity index (χ3v) is 3.33. The van der Waals surface area contributed by atoms with Gasteiger partial charge in [-0.2, -0.15) is 4.72 Å². The highest BCUT2D eigenvalue weighted by molar-refractivity contribution is 7.89. The average Bonchev–Trinajstić information content (AvgIpc) is 2.64. The molecule has 1 aromatic heterocycles. The molecule has 1 aromatic rings. The summed E-state index contributed by atoms with van der Waals surface area (Å²) < 4.78 is 26.8. The zero-order valence-corrected chi connectivity index (χ0v) is 9.88. The minimum Gasteiger partial charge on any atom is -0.480 e. The van der Waals surface area contributed by atoms with E-state index in [9.17, 15) is 13.2 Å². The molecule has 0 aliphatic heterocycles. The molecular formula is C8H13N3O5S. The van der Waals surface area contributed by atoms with Crippen LogP contribution in [0.4, 0.5) is 0 Å². The van der Waals surface area contributed by atoms with Gasteiger partial charge in [-0.25, -0.2) is 13.4 Å². The molecule has 0 aliphatic carbocycles. The quantitative estimate of drug-likeness (QED) is 0.576. The monoisotopic (exact) mass is 263 g/mol. The number of imidazole rings is 1. The Hall–Kier alpha value is -1.45. The molecule has 0 amide bonds. The zero-order chi connectivity index (χ0) is 13.1. The fraction of sp³-hybridized carbons (Fsp3) is 0.500. The maximum absolute atomic E-state index is 11.7. The van der Waals surface area contributed by atoms with Crippen LogP contribution in [0.2, 0.25) is 0 Å². The summed E-state index contributed by atoms with van der Waals surface area (Å²) in [7, 11) is -2.39. The van der Waals surface area contributed by atoms with Crippen molar-refractivity contribution in [3.63, 3.8) is 0 Å². The molecule has 0 aliphatic rings. The second kappa shape index (κ2) is 5.25. The first kappa shape index (κ1) is 13.6. The van der Waals surface area contributed by atoms with Crippen LogP contribution in [0.1, 0.15) is 6.42 Å². The number of hydrogen-bond acceptors (Lipinski definition) is 5. The smallest absolute Gasteiger partial charge is 0.321 e. The summed E-state index contributed by atoms with van der Waals surface area (Å²) in [6.07, 6.45) is 2.33. The lowest BCUT2D eigenvalue weighted by Crippen LogP contribution is -2.41. The number of carboxylic acid groups (broad SMARTS) is 1. The van der Waals surface area contributed by atoms with Crippen LogP contribution in [-0.2, 0) is 21.9 Å². The number of aliphatic hydroxyl groups is 1. The molecule has 96 valence electrons. The van der Waals surface area contributed by atoms with E-state index in [1.165, 1.54) is 17.1 Å². The van der Waals surface area contributed by atoms with Crippen LogP contribution >= 0.6 is 0 Å². The maximum Gasteiger partial charge on any atom is 0.321 e. The van der Waals surface area contributed by atoms with Gasteiger partial charge in [-0.1, -0.05) is 0 Å². The summed E-state index contributed by atoms with van der Waals surface area (Å²) in [5.41, 5.74) is 0. The number of nitrogens with zero attached hydrogens (tertiary/aromatic N) is 2. The van der Waals surface area contributed by atoms with Crippen molar-refractivity contribution in [2.75, 3.05) is 6.61 Å². The van der Waals surface area contributed by atoms with E-state index in [4.69, 9.17) is 10.2 Å². The van der Waals surface area contributed by atoms with E-state index < -0.39 is 28.6 Å². The molecule has 1 rings (SSSR count). The summed E-state index contributed by atoms with van der Waals surface area (Å²) in [4.78, 5) is 14.4. The largest absolute Gasteiger partial charge is 0.480 e. The van der Waals surface area contributed by atoms with Crippen LogP contribution in [-0.4, -0.2) is 46.8 Å². The van der Waals surface area contributed by atoms with Crippen molar-refractivity contribution in [3.8, 4) is 0 Å². The van der Waals surface area contributed by atoms with Crippen LogP contribution in [0.5, 0.6) is 0 Å². The minimum atomic E-state index is -3.98. The molecular weight excluding hydrogens is 250 g/mol. The number of aliphatic carboxylic acids is 1. The molecule has 1 atom stereocenters. The number of sulfonamides is 1. The zero-order valence-electron chi connectivity index (χ0n) is 9.07. The first-order chi connectivity index (χ1) is 7.86. The number of carbonyl (C=O) groups is 1. The van der Waals surface area contributed by atoms with E-state index in [0.717, 1.165) is 0 Å². The van der Waals surface area contributed by atoms with Crippen molar-refractivity contribution >= 4 is 16.0 Å². The summed E-state index contributed by atoms with van der Waals surface area (Å²) in [6.45, 7) is -0.429.